The lowest BCUT2D eigenvalue weighted by Gasteiger charge is -2.23. The van der Waals surface area contributed by atoms with Crippen LogP contribution in [-0.4, -0.2) is 47.2 Å². The molecular formula is C15H17ClN4O. The van der Waals surface area contributed by atoms with Crippen LogP contribution in [0.15, 0.2) is 30.5 Å². The van der Waals surface area contributed by atoms with Crippen molar-refractivity contribution in [1.29, 1.82) is 0 Å². The van der Waals surface area contributed by atoms with Crippen molar-refractivity contribution in [2.45, 2.75) is 12.5 Å². The Morgan fingerprint density at radius 2 is 2.33 bits per heavy atom. The summed E-state index contributed by atoms with van der Waals surface area (Å²) in [5.41, 5.74) is 2.15. The Balaban J connectivity index is 1.89. The summed E-state index contributed by atoms with van der Waals surface area (Å²) >= 11 is 6.02. The Bertz CT molecular complexity index is 649. The van der Waals surface area contributed by atoms with Crippen molar-refractivity contribution in [3.05, 3.63) is 41.0 Å². The van der Waals surface area contributed by atoms with Gasteiger partial charge in [-0.15, -0.1) is 0 Å². The van der Waals surface area contributed by atoms with Gasteiger partial charge in [-0.25, -0.2) is 0 Å². The number of likely N-dealkylation sites (N-methyl/N-ethyl adjacent to an activating group) is 1. The number of aromatic amines is 1. The van der Waals surface area contributed by atoms with E-state index in [9.17, 15) is 4.79 Å². The molecule has 6 heteroatoms. The van der Waals surface area contributed by atoms with E-state index in [4.69, 9.17) is 11.6 Å². The second-order valence-corrected chi connectivity index (χ2v) is 5.67. The van der Waals surface area contributed by atoms with Crippen LogP contribution in [0.2, 0.25) is 5.02 Å². The Morgan fingerprint density at radius 3 is 3.05 bits per heavy atom. The lowest BCUT2D eigenvalue weighted by atomic mass is 10.1. The first-order valence-electron chi connectivity index (χ1n) is 6.94. The zero-order chi connectivity index (χ0) is 14.8. The maximum absolute atomic E-state index is 12.7. The normalized spacial score (nSPS) is 17.9. The number of hydrogen-bond donors (Lipinski definition) is 2. The van der Waals surface area contributed by atoms with E-state index in [-0.39, 0.29) is 11.9 Å². The SMILES string of the molecule is CN(C(=O)c1cn[nH]c1-c1cccc(Cl)c1)[C@@H]1CCNC1. The van der Waals surface area contributed by atoms with Crippen molar-refractivity contribution in [3.8, 4) is 11.3 Å². The molecule has 2 N–H and O–H groups in total. The molecule has 1 fully saturated rings. The Hall–Kier alpha value is -1.85. The minimum absolute atomic E-state index is 0.0209. The van der Waals surface area contributed by atoms with Crippen molar-refractivity contribution in [1.82, 2.24) is 20.4 Å². The Labute approximate surface area is 128 Å². The molecule has 1 aromatic carbocycles. The highest BCUT2D eigenvalue weighted by Crippen LogP contribution is 2.25. The zero-order valence-electron chi connectivity index (χ0n) is 11.8. The molecule has 0 spiro atoms. The molecule has 1 amide bonds. The number of benzene rings is 1. The number of aromatic nitrogens is 2. The predicted molar refractivity (Wildman–Crippen MR) is 82.4 cm³/mol. The summed E-state index contributed by atoms with van der Waals surface area (Å²) in [7, 11) is 1.84. The number of H-pyrrole nitrogens is 1. The van der Waals surface area contributed by atoms with Crippen LogP contribution in [0.1, 0.15) is 16.8 Å². The third-order valence-electron chi connectivity index (χ3n) is 3.89. The Morgan fingerprint density at radius 1 is 1.48 bits per heavy atom. The van der Waals surface area contributed by atoms with Gasteiger partial charge in [0.15, 0.2) is 0 Å². The summed E-state index contributed by atoms with van der Waals surface area (Å²) in [6.07, 6.45) is 2.56. The van der Waals surface area contributed by atoms with Crippen LogP contribution in [0.25, 0.3) is 11.3 Å². The van der Waals surface area contributed by atoms with Gasteiger partial charge in [0, 0.05) is 30.2 Å². The molecule has 0 radical (unpaired) electrons. The van der Waals surface area contributed by atoms with Gasteiger partial charge >= 0.3 is 0 Å². The molecule has 3 rings (SSSR count). The smallest absolute Gasteiger partial charge is 0.257 e. The van der Waals surface area contributed by atoms with Crippen LogP contribution in [0.5, 0.6) is 0 Å². The van der Waals surface area contributed by atoms with Gasteiger partial charge < -0.3 is 10.2 Å². The summed E-state index contributed by atoms with van der Waals surface area (Å²) in [4.78, 5) is 14.5. The highest BCUT2D eigenvalue weighted by molar-refractivity contribution is 6.30. The minimum Gasteiger partial charge on any atom is -0.337 e. The highest BCUT2D eigenvalue weighted by Gasteiger charge is 2.26. The van der Waals surface area contributed by atoms with E-state index in [1.165, 1.54) is 0 Å². The van der Waals surface area contributed by atoms with Gasteiger partial charge in [-0.05, 0) is 25.1 Å². The van der Waals surface area contributed by atoms with Crippen LogP contribution in [0.3, 0.4) is 0 Å². The molecule has 110 valence electrons. The van der Waals surface area contributed by atoms with Crippen molar-refractivity contribution in [3.63, 3.8) is 0 Å². The van der Waals surface area contributed by atoms with E-state index in [1.807, 2.05) is 25.2 Å². The summed E-state index contributed by atoms with van der Waals surface area (Å²) in [6, 6.07) is 7.63. The van der Waals surface area contributed by atoms with Crippen molar-refractivity contribution < 1.29 is 4.79 Å². The minimum atomic E-state index is -0.0209. The highest BCUT2D eigenvalue weighted by atomic mass is 35.5. The maximum atomic E-state index is 12.7. The molecule has 1 aromatic heterocycles. The van der Waals surface area contributed by atoms with Gasteiger partial charge in [-0.1, -0.05) is 23.7 Å². The monoisotopic (exact) mass is 304 g/mol. The predicted octanol–water partition coefficient (Wildman–Crippen LogP) is 2.16. The number of nitrogens with one attached hydrogen (secondary N) is 2. The van der Waals surface area contributed by atoms with Crippen LogP contribution >= 0.6 is 11.6 Å². The maximum Gasteiger partial charge on any atom is 0.257 e. The fourth-order valence-corrected chi connectivity index (χ4v) is 2.83. The molecular weight excluding hydrogens is 288 g/mol. The fraction of sp³-hybridized carbons (Fsp3) is 0.333. The summed E-state index contributed by atoms with van der Waals surface area (Å²) in [6.45, 7) is 1.79. The number of halogens is 1. The van der Waals surface area contributed by atoms with Gasteiger partial charge in [-0.2, -0.15) is 5.10 Å². The van der Waals surface area contributed by atoms with Crippen molar-refractivity contribution >= 4 is 17.5 Å². The molecule has 0 saturated carbocycles. The fourth-order valence-electron chi connectivity index (χ4n) is 2.64. The molecule has 1 atom stereocenters. The summed E-state index contributed by atoms with van der Waals surface area (Å²) < 4.78 is 0. The summed E-state index contributed by atoms with van der Waals surface area (Å²) in [5.74, 6) is -0.0209. The first-order valence-corrected chi connectivity index (χ1v) is 7.32. The second-order valence-electron chi connectivity index (χ2n) is 5.23. The molecule has 1 aliphatic heterocycles. The number of rotatable bonds is 3. The number of hydrogen-bond acceptors (Lipinski definition) is 3. The summed E-state index contributed by atoms with van der Waals surface area (Å²) in [5, 5.41) is 10.8. The van der Waals surface area contributed by atoms with Crippen LogP contribution in [0, 0.1) is 0 Å². The quantitative estimate of drug-likeness (QED) is 0.913. The molecule has 5 nitrogen and oxygen atoms in total. The average molecular weight is 305 g/mol. The van der Waals surface area contributed by atoms with Crippen molar-refractivity contribution in [2.75, 3.05) is 20.1 Å². The van der Waals surface area contributed by atoms with Gasteiger partial charge in [0.2, 0.25) is 0 Å². The number of carbonyl (C=O) groups is 1. The molecule has 2 heterocycles. The largest absolute Gasteiger partial charge is 0.337 e. The third-order valence-corrected chi connectivity index (χ3v) is 4.12. The first-order chi connectivity index (χ1) is 10.2. The lowest BCUT2D eigenvalue weighted by Crippen LogP contribution is -2.38. The second kappa shape index (κ2) is 5.87. The molecule has 21 heavy (non-hydrogen) atoms. The molecule has 1 aliphatic rings. The van der Waals surface area contributed by atoms with Crippen LogP contribution < -0.4 is 5.32 Å². The van der Waals surface area contributed by atoms with E-state index >= 15 is 0 Å². The lowest BCUT2D eigenvalue weighted by molar-refractivity contribution is 0.0744. The van der Waals surface area contributed by atoms with Gasteiger partial charge in [0.1, 0.15) is 0 Å². The van der Waals surface area contributed by atoms with Gasteiger partial charge in [0.05, 0.1) is 17.5 Å². The molecule has 2 aromatic rings. The Kier molecular flexibility index (Phi) is 3.94. The average Bonchev–Trinajstić information content (AvgIpc) is 3.16. The molecule has 0 bridgehead atoms. The number of carbonyl (C=O) groups excluding carboxylic acids is 1. The molecule has 0 unspecified atom stereocenters. The van der Waals surface area contributed by atoms with Crippen molar-refractivity contribution in [2.24, 2.45) is 0 Å². The van der Waals surface area contributed by atoms with E-state index in [0.29, 0.717) is 16.3 Å². The standard InChI is InChI=1S/C15H17ClN4O/c1-20(12-5-6-17-8-12)15(21)13-9-18-19-14(13)10-3-2-4-11(16)7-10/h2-4,7,9,12,17H,5-6,8H2,1H3,(H,18,19)/t12-/m1/s1. The zero-order valence-corrected chi connectivity index (χ0v) is 12.5. The van der Waals surface area contributed by atoms with E-state index in [2.05, 4.69) is 15.5 Å². The van der Waals surface area contributed by atoms with Crippen LogP contribution in [-0.2, 0) is 0 Å². The van der Waals surface area contributed by atoms with E-state index < -0.39 is 0 Å². The topological polar surface area (TPSA) is 61.0 Å². The third kappa shape index (κ3) is 2.80. The molecule has 0 aliphatic carbocycles. The van der Waals surface area contributed by atoms with Gasteiger partial charge in [0.25, 0.3) is 5.91 Å². The number of nitrogens with zero attached hydrogens (tertiary/aromatic N) is 2. The number of amides is 1. The molecule has 1 saturated heterocycles. The van der Waals surface area contributed by atoms with Gasteiger partial charge in [-0.3, -0.25) is 9.89 Å². The van der Waals surface area contributed by atoms with Crippen LogP contribution in [0.4, 0.5) is 0 Å². The van der Waals surface area contributed by atoms with E-state index in [1.54, 1.807) is 17.2 Å². The first kappa shape index (κ1) is 14.1. The van der Waals surface area contributed by atoms with E-state index in [0.717, 1.165) is 25.1 Å².